The summed E-state index contributed by atoms with van der Waals surface area (Å²) in [4.78, 5) is 30.5. The molecule has 0 radical (unpaired) electrons. The molecule has 1 aromatic carbocycles. The number of hydrogen-bond donors (Lipinski definition) is 2. The van der Waals surface area contributed by atoms with E-state index in [-0.39, 0.29) is 11.6 Å². The van der Waals surface area contributed by atoms with Crippen molar-refractivity contribution in [1.29, 1.82) is 0 Å². The van der Waals surface area contributed by atoms with Crippen LogP contribution in [0.4, 0.5) is 17.6 Å². The van der Waals surface area contributed by atoms with Gasteiger partial charge in [-0.25, -0.2) is 8.78 Å². The zero-order valence-electron chi connectivity index (χ0n) is 17.2. The zero-order valence-corrected chi connectivity index (χ0v) is 17.2. The summed E-state index contributed by atoms with van der Waals surface area (Å²) >= 11 is 0. The van der Waals surface area contributed by atoms with Gasteiger partial charge < -0.3 is 29.4 Å². The number of carbonyl (C=O) groups excluding carboxylic acids is 2. The Morgan fingerprint density at radius 2 is 1.33 bits per heavy atom. The maximum absolute atomic E-state index is 13.1. The zero-order chi connectivity index (χ0) is 24.0. The van der Waals surface area contributed by atoms with E-state index < -0.39 is 41.9 Å². The molecule has 3 aliphatic heterocycles. The molecular formula is C20H18BF4N3O5. The molecule has 0 atom stereocenters. The first-order chi connectivity index (χ1) is 15.6. The van der Waals surface area contributed by atoms with Crippen molar-refractivity contribution in [3.63, 3.8) is 0 Å². The average molecular weight is 467 g/mol. The van der Waals surface area contributed by atoms with Crippen LogP contribution in [0.25, 0.3) is 6.08 Å². The van der Waals surface area contributed by atoms with Crippen LogP contribution >= 0.6 is 0 Å². The van der Waals surface area contributed by atoms with E-state index in [2.05, 4.69) is 11.2 Å². The normalized spacial score (nSPS) is 18.6. The second-order valence-corrected chi connectivity index (χ2v) is 7.53. The van der Waals surface area contributed by atoms with Crippen LogP contribution < -0.4 is 4.65 Å². The van der Waals surface area contributed by atoms with Crippen LogP contribution in [0.2, 0.25) is 0 Å². The van der Waals surface area contributed by atoms with Gasteiger partial charge in [0.25, 0.3) is 0 Å². The highest BCUT2D eigenvalue weighted by Crippen LogP contribution is 2.34. The van der Waals surface area contributed by atoms with Crippen molar-refractivity contribution in [3.05, 3.63) is 58.6 Å². The number of rotatable bonds is 6. The summed E-state index contributed by atoms with van der Waals surface area (Å²) < 4.78 is 56.0. The van der Waals surface area contributed by atoms with E-state index in [1.807, 2.05) is 14.7 Å². The van der Waals surface area contributed by atoms with Crippen molar-refractivity contribution in [2.45, 2.75) is 0 Å². The predicted molar refractivity (Wildman–Crippen MR) is 107 cm³/mol. The first-order valence-electron chi connectivity index (χ1n) is 9.96. The minimum absolute atomic E-state index is 0.00546. The van der Waals surface area contributed by atoms with Crippen LogP contribution in [0.15, 0.2) is 29.7 Å². The van der Waals surface area contributed by atoms with E-state index in [0.29, 0.717) is 23.2 Å². The highest BCUT2D eigenvalue weighted by molar-refractivity contribution is 6.33. The van der Waals surface area contributed by atoms with E-state index in [9.17, 15) is 27.2 Å². The Morgan fingerprint density at radius 3 is 1.76 bits per heavy atom. The number of Topliss-reactive ketones (excluding diaryl/α,β-unsaturated/α-hetero) is 1. The number of halogens is 4. The molecule has 0 aromatic heterocycles. The Bertz CT molecular complexity index is 1080. The van der Waals surface area contributed by atoms with Crippen molar-refractivity contribution in [2.24, 2.45) is 0 Å². The van der Waals surface area contributed by atoms with Gasteiger partial charge >= 0.3 is 7.32 Å². The summed E-state index contributed by atoms with van der Waals surface area (Å²) in [6.45, 7) is 8.38. The fourth-order valence-electron chi connectivity index (χ4n) is 3.29. The van der Waals surface area contributed by atoms with E-state index >= 15 is 0 Å². The lowest BCUT2D eigenvalue weighted by molar-refractivity contribution is -0.117. The van der Waals surface area contributed by atoms with E-state index in [1.165, 1.54) is 6.08 Å². The molecule has 174 valence electrons. The number of nitrogens with zero attached hydrogens (tertiary/aromatic N) is 3. The molecule has 1 aromatic rings. The van der Waals surface area contributed by atoms with Gasteiger partial charge in [0.2, 0.25) is 23.2 Å². The topological polar surface area (TPSA) is 92.9 Å². The summed E-state index contributed by atoms with van der Waals surface area (Å²) in [7, 11) is -2.60. The summed E-state index contributed by atoms with van der Waals surface area (Å²) in [6.07, 6.45) is 2.10. The number of hydrogen-bond acceptors (Lipinski definition) is 8. The minimum atomic E-state index is -2.60. The summed E-state index contributed by atoms with van der Waals surface area (Å²) in [5.41, 5.74) is 0.882. The molecule has 0 unspecified atom stereocenters. The lowest BCUT2D eigenvalue weighted by Gasteiger charge is -2.21. The molecule has 3 heterocycles. The molecule has 3 fully saturated rings. The number of benzene rings is 1. The molecule has 13 heteroatoms. The Balaban J connectivity index is 0.000000158. The molecule has 0 amide bonds. The highest BCUT2D eigenvalue weighted by Gasteiger charge is 2.43. The number of allylic oxidation sites excluding steroid dienone is 1. The van der Waals surface area contributed by atoms with Crippen LogP contribution in [-0.2, 0) is 9.59 Å². The molecule has 8 nitrogen and oxygen atoms in total. The Hall–Kier alpha value is -3.32. The first kappa shape index (κ1) is 22.9. The monoisotopic (exact) mass is 467 g/mol. The Labute approximate surface area is 185 Å². The largest absolute Gasteiger partial charge is 0.707 e. The number of ketones is 2. The second-order valence-electron chi connectivity index (χ2n) is 7.53. The maximum Gasteiger partial charge on any atom is 0.707 e. The molecule has 0 saturated carbocycles. The van der Waals surface area contributed by atoms with Crippen molar-refractivity contribution in [2.75, 3.05) is 39.3 Å². The smallest absolute Gasteiger partial charge is 0.507 e. The van der Waals surface area contributed by atoms with Crippen LogP contribution in [0.5, 0.6) is 5.75 Å². The van der Waals surface area contributed by atoms with Crippen LogP contribution in [0.3, 0.4) is 0 Å². The van der Waals surface area contributed by atoms with Crippen molar-refractivity contribution >= 4 is 25.0 Å². The van der Waals surface area contributed by atoms with Gasteiger partial charge in [0, 0.05) is 45.3 Å². The van der Waals surface area contributed by atoms with Crippen molar-refractivity contribution < 1.29 is 41.9 Å². The van der Waals surface area contributed by atoms with Crippen molar-refractivity contribution in [3.8, 4) is 5.75 Å². The van der Waals surface area contributed by atoms with E-state index in [4.69, 9.17) is 10.0 Å². The van der Waals surface area contributed by atoms with E-state index in [0.717, 1.165) is 39.3 Å². The fourth-order valence-corrected chi connectivity index (χ4v) is 3.29. The van der Waals surface area contributed by atoms with E-state index in [1.54, 1.807) is 0 Å². The third-order valence-electron chi connectivity index (χ3n) is 5.17. The van der Waals surface area contributed by atoms with Gasteiger partial charge in [-0.15, -0.1) is 0 Å². The molecule has 4 aliphatic rings. The van der Waals surface area contributed by atoms with Gasteiger partial charge in [-0.05, 0) is 0 Å². The van der Waals surface area contributed by atoms with Crippen molar-refractivity contribution in [1.82, 2.24) is 14.7 Å². The van der Waals surface area contributed by atoms with Crippen LogP contribution in [0.1, 0.15) is 5.56 Å². The molecule has 33 heavy (non-hydrogen) atoms. The third kappa shape index (κ3) is 4.46. The Morgan fingerprint density at radius 1 is 0.848 bits per heavy atom. The van der Waals surface area contributed by atoms with Gasteiger partial charge in [-0.2, -0.15) is 8.78 Å². The fraction of sp³-hybridized carbons (Fsp3) is 0.300. The molecule has 0 spiro atoms. The summed E-state index contributed by atoms with van der Waals surface area (Å²) in [5.74, 6) is -8.71. The first-order valence-corrected chi connectivity index (χ1v) is 9.96. The summed E-state index contributed by atoms with van der Waals surface area (Å²) in [5, 5.41) is 16.6. The van der Waals surface area contributed by atoms with Crippen LogP contribution in [0, 0.1) is 23.3 Å². The quantitative estimate of drug-likeness (QED) is 0.205. The summed E-state index contributed by atoms with van der Waals surface area (Å²) in [6, 6.07) is 0. The molecular weight excluding hydrogens is 449 g/mol. The molecule has 5 rings (SSSR count). The predicted octanol–water partition coefficient (Wildman–Crippen LogP) is 0.415. The minimum Gasteiger partial charge on any atom is -0.507 e. The molecule has 0 bridgehead atoms. The average Bonchev–Trinajstić information content (AvgIpc) is 3.63. The highest BCUT2D eigenvalue weighted by atomic mass is 19.2. The third-order valence-corrected chi connectivity index (χ3v) is 5.17. The lowest BCUT2D eigenvalue weighted by Crippen LogP contribution is -2.29. The Kier molecular flexibility index (Phi) is 5.93. The second kappa shape index (κ2) is 8.56. The molecule has 3 saturated heterocycles. The molecule has 2 N–H and O–H groups in total. The lowest BCUT2D eigenvalue weighted by atomic mass is 10.0. The van der Waals surface area contributed by atoms with Gasteiger partial charge in [-0.3, -0.25) is 9.59 Å². The van der Waals surface area contributed by atoms with Gasteiger partial charge in [0.15, 0.2) is 17.4 Å². The van der Waals surface area contributed by atoms with Crippen LogP contribution in [-0.4, -0.2) is 82.9 Å². The van der Waals surface area contributed by atoms with Gasteiger partial charge in [0.05, 0.1) is 11.3 Å². The standard InChI is InChI=1S/C12H13N3O2.C8H5BF4O3/c16-9-7-8(13-1-2-13)12(17)11(15-5-6-15)10(9)14-3-4-14;1-2-3-4(10)6(12)8(16-9(14)15)7(13)5(3)11/h7H,1-6H2;2,14-15H,1H2. The van der Waals surface area contributed by atoms with Gasteiger partial charge in [0.1, 0.15) is 11.4 Å². The van der Waals surface area contributed by atoms with Gasteiger partial charge in [-0.1, -0.05) is 12.7 Å². The maximum atomic E-state index is 13.1. The molecule has 1 aliphatic carbocycles. The number of carbonyl (C=O) groups is 2. The SMILES string of the molecule is C=Cc1c(F)c(F)c(OB(O)O)c(F)c1F.O=C1C=C(N2CC2)C(=O)C(N2CC2)=C1N1CC1.